The summed E-state index contributed by atoms with van der Waals surface area (Å²) in [5.41, 5.74) is 2.65. The number of aromatic nitrogens is 1. The third-order valence-electron chi connectivity index (χ3n) is 3.88. The molecule has 0 unspecified atom stereocenters. The first-order valence-electron chi connectivity index (χ1n) is 8.38. The second-order valence-electron chi connectivity index (χ2n) is 5.95. The summed E-state index contributed by atoms with van der Waals surface area (Å²) in [5.74, 6) is -0.329. The molecule has 0 radical (unpaired) electrons. The predicted molar refractivity (Wildman–Crippen MR) is 107 cm³/mol. The van der Waals surface area contributed by atoms with Crippen LogP contribution < -0.4 is 10.2 Å². The van der Waals surface area contributed by atoms with Crippen molar-refractivity contribution in [3.8, 4) is 0 Å². The predicted octanol–water partition coefficient (Wildman–Crippen LogP) is 4.54. The Balaban J connectivity index is 1.90. The molecule has 2 amide bonds. The molecule has 3 aromatic rings. The number of rotatable bonds is 5. The molecule has 5 nitrogen and oxygen atoms in total. The normalized spacial score (nSPS) is 10.3. The summed E-state index contributed by atoms with van der Waals surface area (Å²) in [5, 5.41) is 3.29. The van der Waals surface area contributed by atoms with Crippen molar-refractivity contribution in [3.63, 3.8) is 0 Å². The number of amides is 2. The van der Waals surface area contributed by atoms with E-state index < -0.39 is 0 Å². The molecule has 0 aliphatic carbocycles. The standard InChI is InChI=1S/C21H18ClN3O2/c1-15(26)24-18-9-5-16(6-10-18)21(27)25(14-19-4-2-3-13-23-19)20-11-7-17(22)8-12-20/h2-13H,14H2,1H3,(H,24,26). The largest absolute Gasteiger partial charge is 0.326 e. The summed E-state index contributed by atoms with van der Waals surface area (Å²) in [7, 11) is 0. The van der Waals surface area contributed by atoms with Gasteiger partial charge in [0, 0.05) is 35.1 Å². The van der Waals surface area contributed by atoms with Crippen LogP contribution in [0.25, 0.3) is 0 Å². The summed E-state index contributed by atoms with van der Waals surface area (Å²) in [4.78, 5) is 30.3. The van der Waals surface area contributed by atoms with Gasteiger partial charge in [0.2, 0.25) is 5.91 Å². The van der Waals surface area contributed by atoms with Crippen LogP contribution in [-0.2, 0) is 11.3 Å². The van der Waals surface area contributed by atoms with E-state index in [1.165, 1.54) is 6.92 Å². The number of hydrogen-bond donors (Lipinski definition) is 1. The first-order chi connectivity index (χ1) is 13.0. The highest BCUT2D eigenvalue weighted by atomic mass is 35.5. The number of hydrogen-bond acceptors (Lipinski definition) is 3. The highest BCUT2D eigenvalue weighted by Crippen LogP contribution is 2.22. The van der Waals surface area contributed by atoms with E-state index in [4.69, 9.17) is 11.6 Å². The maximum atomic E-state index is 13.1. The smallest absolute Gasteiger partial charge is 0.258 e. The van der Waals surface area contributed by atoms with E-state index in [-0.39, 0.29) is 11.8 Å². The minimum absolute atomic E-state index is 0.160. The van der Waals surface area contributed by atoms with Crippen LogP contribution in [0.5, 0.6) is 0 Å². The van der Waals surface area contributed by atoms with Crippen LogP contribution in [0, 0.1) is 0 Å². The molecule has 3 rings (SSSR count). The molecule has 1 heterocycles. The van der Waals surface area contributed by atoms with E-state index in [9.17, 15) is 9.59 Å². The number of carbonyl (C=O) groups is 2. The molecule has 136 valence electrons. The van der Waals surface area contributed by atoms with Crippen molar-refractivity contribution in [1.82, 2.24) is 4.98 Å². The molecule has 2 aromatic carbocycles. The van der Waals surface area contributed by atoms with E-state index >= 15 is 0 Å². The van der Waals surface area contributed by atoms with Crippen molar-refractivity contribution in [2.45, 2.75) is 13.5 Å². The number of pyridine rings is 1. The second-order valence-corrected chi connectivity index (χ2v) is 6.38. The third kappa shape index (κ3) is 4.92. The Bertz CT molecular complexity index is 926. The molecule has 0 fully saturated rings. The Morgan fingerprint density at radius 3 is 2.30 bits per heavy atom. The van der Waals surface area contributed by atoms with Gasteiger partial charge in [0.05, 0.1) is 12.2 Å². The molecule has 0 saturated carbocycles. The maximum absolute atomic E-state index is 13.1. The molecule has 6 heteroatoms. The average Bonchev–Trinajstić information content (AvgIpc) is 2.67. The van der Waals surface area contributed by atoms with E-state index in [2.05, 4.69) is 10.3 Å². The van der Waals surface area contributed by atoms with Crippen LogP contribution in [-0.4, -0.2) is 16.8 Å². The summed E-state index contributed by atoms with van der Waals surface area (Å²) < 4.78 is 0. The monoisotopic (exact) mass is 379 g/mol. The molecule has 27 heavy (non-hydrogen) atoms. The van der Waals surface area contributed by atoms with E-state index in [1.807, 2.05) is 18.2 Å². The van der Waals surface area contributed by atoms with E-state index in [1.54, 1.807) is 59.6 Å². The van der Waals surface area contributed by atoms with E-state index in [0.717, 1.165) is 11.4 Å². The zero-order chi connectivity index (χ0) is 19.2. The number of nitrogens with one attached hydrogen (secondary N) is 1. The molecule has 0 saturated heterocycles. The fourth-order valence-electron chi connectivity index (χ4n) is 2.61. The SMILES string of the molecule is CC(=O)Nc1ccc(C(=O)N(Cc2ccccn2)c2ccc(Cl)cc2)cc1. The zero-order valence-electron chi connectivity index (χ0n) is 14.7. The van der Waals surface area contributed by atoms with Crippen LogP contribution in [0.4, 0.5) is 11.4 Å². The molecular weight excluding hydrogens is 362 g/mol. The van der Waals surface area contributed by atoms with Crippen molar-refractivity contribution in [2.75, 3.05) is 10.2 Å². The van der Waals surface area contributed by atoms with Crippen molar-refractivity contribution < 1.29 is 9.59 Å². The lowest BCUT2D eigenvalue weighted by molar-refractivity contribution is -0.114. The fraction of sp³-hybridized carbons (Fsp3) is 0.0952. The number of benzene rings is 2. The van der Waals surface area contributed by atoms with Gasteiger partial charge in [0.15, 0.2) is 0 Å². The minimum Gasteiger partial charge on any atom is -0.326 e. The number of halogens is 1. The number of carbonyl (C=O) groups excluding carboxylic acids is 2. The number of anilines is 2. The van der Waals surface area contributed by atoms with Gasteiger partial charge in [-0.15, -0.1) is 0 Å². The Morgan fingerprint density at radius 1 is 1.00 bits per heavy atom. The Hall–Kier alpha value is -3.18. The van der Waals surface area contributed by atoms with Crippen molar-refractivity contribution >= 4 is 34.8 Å². The molecule has 1 N–H and O–H groups in total. The first-order valence-corrected chi connectivity index (χ1v) is 8.76. The third-order valence-corrected chi connectivity index (χ3v) is 4.13. The lowest BCUT2D eigenvalue weighted by atomic mass is 10.1. The van der Waals surface area contributed by atoms with Crippen LogP contribution in [0.15, 0.2) is 72.9 Å². The van der Waals surface area contributed by atoms with Gasteiger partial charge >= 0.3 is 0 Å². The Labute approximate surface area is 162 Å². The summed E-state index contributed by atoms with van der Waals surface area (Å²) in [6, 6.07) is 19.5. The van der Waals surface area contributed by atoms with Crippen LogP contribution >= 0.6 is 11.6 Å². The summed E-state index contributed by atoms with van der Waals surface area (Å²) in [6.45, 7) is 1.77. The molecule has 1 aromatic heterocycles. The lowest BCUT2D eigenvalue weighted by Gasteiger charge is -2.23. The molecule has 0 atom stereocenters. The lowest BCUT2D eigenvalue weighted by Crippen LogP contribution is -2.30. The molecule has 0 aliphatic heterocycles. The highest BCUT2D eigenvalue weighted by Gasteiger charge is 2.19. The summed E-state index contributed by atoms with van der Waals surface area (Å²) in [6.07, 6.45) is 1.70. The topological polar surface area (TPSA) is 62.3 Å². The maximum Gasteiger partial charge on any atom is 0.258 e. The number of nitrogens with zero attached hydrogens (tertiary/aromatic N) is 2. The molecule has 0 spiro atoms. The molecule has 0 aliphatic rings. The average molecular weight is 380 g/mol. The Kier molecular flexibility index (Phi) is 5.84. The fourth-order valence-corrected chi connectivity index (χ4v) is 2.74. The van der Waals surface area contributed by atoms with Crippen LogP contribution in [0.3, 0.4) is 0 Å². The molecular formula is C21H18ClN3O2. The van der Waals surface area contributed by atoms with E-state index in [0.29, 0.717) is 22.8 Å². The van der Waals surface area contributed by atoms with Crippen LogP contribution in [0.2, 0.25) is 5.02 Å². The van der Waals surface area contributed by atoms with Crippen molar-refractivity contribution in [3.05, 3.63) is 89.2 Å². The van der Waals surface area contributed by atoms with Gasteiger partial charge in [-0.25, -0.2) is 0 Å². The van der Waals surface area contributed by atoms with Crippen molar-refractivity contribution in [1.29, 1.82) is 0 Å². The molecule has 0 bridgehead atoms. The van der Waals surface area contributed by atoms with Gasteiger partial charge in [-0.2, -0.15) is 0 Å². The van der Waals surface area contributed by atoms with Gasteiger partial charge in [0.1, 0.15) is 0 Å². The van der Waals surface area contributed by atoms with Gasteiger partial charge in [-0.1, -0.05) is 17.7 Å². The van der Waals surface area contributed by atoms with Gasteiger partial charge in [-0.05, 0) is 60.7 Å². The summed E-state index contributed by atoms with van der Waals surface area (Å²) >= 11 is 5.98. The van der Waals surface area contributed by atoms with Crippen LogP contribution in [0.1, 0.15) is 23.0 Å². The quantitative estimate of drug-likeness (QED) is 0.707. The van der Waals surface area contributed by atoms with Gasteiger partial charge < -0.3 is 10.2 Å². The van der Waals surface area contributed by atoms with Crippen molar-refractivity contribution in [2.24, 2.45) is 0 Å². The highest BCUT2D eigenvalue weighted by molar-refractivity contribution is 6.30. The van der Waals surface area contributed by atoms with Gasteiger partial charge in [0.25, 0.3) is 5.91 Å². The Morgan fingerprint density at radius 2 is 1.70 bits per heavy atom. The zero-order valence-corrected chi connectivity index (χ0v) is 15.5. The van der Waals surface area contributed by atoms with Gasteiger partial charge in [-0.3, -0.25) is 14.6 Å². The minimum atomic E-state index is -0.169. The second kappa shape index (κ2) is 8.47. The first kappa shape index (κ1) is 18.6.